The van der Waals surface area contributed by atoms with E-state index in [1.54, 1.807) is 4.68 Å². The van der Waals surface area contributed by atoms with Crippen LogP contribution < -0.4 is 5.32 Å². The SMILES string of the molecule is Cc1nn(C)c(C)c1C(=O)c1c(NC(=O)OC(C)(C)C)sc2c1CCCC2. The van der Waals surface area contributed by atoms with Crippen LogP contribution in [0.3, 0.4) is 0 Å². The molecule has 1 N–H and O–H groups in total. The van der Waals surface area contributed by atoms with E-state index in [-0.39, 0.29) is 5.78 Å². The number of aromatic nitrogens is 2. The van der Waals surface area contributed by atoms with Gasteiger partial charge < -0.3 is 4.74 Å². The highest BCUT2D eigenvalue weighted by atomic mass is 32.1. The number of amides is 1. The third-order valence-corrected chi connectivity index (χ3v) is 5.96. The first-order valence-electron chi connectivity index (χ1n) is 9.28. The highest BCUT2D eigenvalue weighted by Gasteiger charge is 2.30. The quantitative estimate of drug-likeness (QED) is 0.781. The number of ketones is 1. The number of hydrogen-bond acceptors (Lipinski definition) is 5. The zero-order valence-corrected chi connectivity index (χ0v) is 17.7. The van der Waals surface area contributed by atoms with Crippen LogP contribution in [0, 0.1) is 13.8 Å². The Hall–Kier alpha value is -2.15. The molecule has 0 aromatic carbocycles. The molecule has 6 nitrogen and oxygen atoms in total. The van der Waals surface area contributed by atoms with E-state index in [0.29, 0.717) is 21.8 Å². The molecule has 2 aromatic heterocycles. The second-order valence-electron chi connectivity index (χ2n) is 8.04. The Morgan fingerprint density at radius 2 is 1.81 bits per heavy atom. The van der Waals surface area contributed by atoms with Crippen molar-refractivity contribution >= 4 is 28.2 Å². The van der Waals surface area contributed by atoms with Gasteiger partial charge in [-0.15, -0.1) is 11.3 Å². The lowest BCUT2D eigenvalue weighted by Gasteiger charge is -2.19. The van der Waals surface area contributed by atoms with Crippen LogP contribution in [0.15, 0.2) is 0 Å². The second-order valence-corrected chi connectivity index (χ2v) is 9.15. The molecule has 0 radical (unpaired) electrons. The number of nitrogens with zero attached hydrogens (tertiary/aromatic N) is 2. The van der Waals surface area contributed by atoms with Crippen molar-refractivity contribution in [3.05, 3.63) is 33.0 Å². The summed E-state index contributed by atoms with van der Waals surface area (Å²) in [6, 6.07) is 0. The lowest BCUT2D eigenvalue weighted by molar-refractivity contribution is 0.0636. The summed E-state index contributed by atoms with van der Waals surface area (Å²) in [5.74, 6) is -0.0661. The molecular weight excluding hydrogens is 362 g/mol. The number of carbonyl (C=O) groups excluding carboxylic acids is 2. The first kappa shape index (κ1) is 19.6. The molecule has 1 aliphatic carbocycles. The van der Waals surface area contributed by atoms with E-state index in [1.165, 1.54) is 16.2 Å². The van der Waals surface area contributed by atoms with Gasteiger partial charge in [0.25, 0.3) is 0 Å². The van der Waals surface area contributed by atoms with Crippen LogP contribution in [0.5, 0.6) is 0 Å². The molecule has 2 aromatic rings. The first-order valence-corrected chi connectivity index (χ1v) is 10.1. The van der Waals surface area contributed by atoms with Gasteiger partial charge in [0.15, 0.2) is 5.78 Å². The minimum absolute atomic E-state index is 0.0661. The fraction of sp³-hybridized carbons (Fsp3) is 0.550. The van der Waals surface area contributed by atoms with Crippen molar-refractivity contribution in [1.29, 1.82) is 0 Å². The van der Waals surface area contributed by atoms with Gasteiger partial charge in [0, 0.05) is 17.6 Å². The molecule has 0 atom stereocenters. The lowest BCUT2D eigenvalue weighted by Crippen LogP contribution is -2.27. The summed E-state index contributed by atoms with van der Waals surface area (Å²) in [6.07, 6.45) is 3.44. The Balaban J connectivity index is 2.04. The third-order valence-electron chi connectivity index (χ3n) is 4.75. The molecule has 7 heteroatoms. The number of ether oxygens (including phenoxy) is 1. The number of fused-ring (bicyclic) bond motifs is 1. The first-order chi connectivity index (χ1) is 12.6. The van der Waals surface area contributed by atoms with E-state index in [4.69, 9.17) is 4.74 Å². The van der Waals surface area contributed by atoms with E-state index in [1.807, 2.05) is 41.7 Å². The van der Waals surface area contributed by atoms with E-state index in [2.05, 4.69) is 10.4 Å². The zero-order chi connectivity index (χ0) is 19.9. The van der Waals surface area contributed by atoms with Gasteiger partial charge in [-0.3, -0.25) is 14.8 Å². The van der Waals surface area contributed by atoms with Crippen LogP contribution in [-0.4, -0.2) is 27.3 Å². The van der Waals surface area contributed by atoms with Crippen molar-refractivity contribution in [2.45, 2.75) is 65.9 Å². The molecule has 0 saturated heterocycles. The number of aryl methyl sites for hydroxylation is 3. The topological polar surface area (TPSA) is 73.2 Å². The van der Waals surface area contributed by atoms with Crippen LogP contribution in [0.25, 0.3) is 0 Å². The Bertz CT molecular complexity index is 903. The summed E-state index contributed by atoms with van der Waals surface area (Å²) in [5, 5.41) is 7.80. The van der Waals surface area contributed by atoms with Gasteiger partial charge >= 0.3 is 6.09 Å². The molecule has 27 heavy (non-hydrogen) atoms. The van der Waals surface area contributed by atoms with E-state index < -0.39 is 11.7 Å². The molecule has 0 unspecified atom stereocenters. The maximum Gasteiger partial charge on any atom is 0.412 e. The second kappa shape index (κ2) is 7.11. The maximum atomic E-state index is 13.5. The smallest absolute Gasteiger partial charge is 0.412 e. The van der Waals surface area contributed by atoms with Crippen LogP contribution >= 0.6 is 11.3 Å². The minimum Gasteiger partial charge on any atom is -0.444 e. The number of hydrogen-bond donors (Lipinski definition) is 1. The summed E-state index contributed by atoms with van der Waals surface area (Å²) < 4.78 is 7.12. The molecule has 0 aliphatic heterocycles. The van der Waals surface area contributed by atoms with Crippen molar-refractivity contribution in [2.75, 3.05) is 5.32 Å². The third kappa shape index (κ3) is 3.93. The van der Waals surface area contributed by atoms with E-state index in [0.717, 1.165) is 36.9 Å². The van der Waals surface area contributed by atoms with Gasteiger partial charge in [0.05, 0.1) is 16.8 Å². The average molecular weight is 390 g/mol. The van der Waals surface area contributed by atoms with Crippen molar-refractivity contribution in [3.8, 4) is 0 Å². The molecule has 3 rings (SSSR count). The van der Waals surface area contributed by atoms with Crippen molar-refractivity contribution in [1.82, 2.24) is 9.78 Å². The fourth-order valence-electron chi connectivity index (χ4n) is 3.52. The molecular formula is C20H27N3O3S. The van der Waals surface area contributed by atoms with Crippen LogP contribution in [0.2, 0.25) is 0 Å². The molecule has 146 valence electrons. The van der Waals surface area contributed by atoms with Gasteiger partial charge in [-0.1, -0.05) is 0 Å². The van der Waals surface area contributed by atoms with Gasteiger partial charge in [0.2, 0.25) is 0 Å². The lowest BCUT2D eigenvalue weighted by atomic mass is 9.91. The highest BCUT2D eigenvalue weighted by molar-refractivity contribution is 7.17. The summed E-state index contributed by atoms with van der Waals surface area (Å²) in [7, 11) is 1.84. The van der Waals surface area contributed by atoms with Crippen LogP contribution in [0.1, 0.15) is 71.4 Å². The Labute approximate surface area is 163 Å². The number of anilines is 1. The number of thiophene rings is 1. The number of carbonyl (C=O) groups is 2. The molecule has 0 bridgehead atoms. The molecule has 1 aliphatic rings. The van der Waals surface area contributed by atoms with Crippen molar-refractivity contribution in [2.24, 2.45) is 7.05 Å². The number of nitrogens with one attached hydrogen (secondary N) is 1. The summed E-state index contributed by atoms with van der Waals surface area (Å²) in [6.45, 7) is 9.20. The number of rotatable bonds is 3. The summed E-state index contributed by atoms with van der Waals surface area (Å²) in [4.78, 5) is 27.0. The molecule has 0 saturated carbocycles. The van der Waals surface area contributed by atoms with Crippen molar-refractivity contribution < 1.29 is 14.3 Å². The van der Waals surface area contributed by atoms with Crippen LogP contribution in [0.4, 0.5) is 9.80 Å². The zero-order valence-electron chi connectivity index (χ0n) is 16.9. The van der Waals surface area contributed by atoms with Gasteiger partial charge in [-0.25, -0.2) is 4.79 Å². The van der Waals surface area contributed by atoms with E-state index >= 15 is 0 Å². The summed E-state index contributed by atoms with van der Waals surface area (Å²) in [5.41, 5.74) is 3.25. The molecule has 2 heterocycles. The molecule has 1 amide bonds. The Morgan fingerprint density at radius 3 is 2.41 bits per heavy atom. The minimum atomic E-state index is -0.596. The van der Waals surface area contributed by atoms with Gasteiger partial charge in [-0.05, 0) is 65.9 Å². The normalized spacial score (nSPS) is 14.0. The average Bonchev–Trinajstić information content (AvgIpc) is 3.01. The van der Waals surface area contributed by atoms with Gasteiger partial charge in [-0.2, -0.15) is 5.10 Å². The van der Waals surface area contributed by atoms with Crippen molar-refractivity contribution in [3.63, 3.8) is 0 Å². The van der Waals surface area contributed by atoms with Crippen LogP contribution in [-0.2, 0) is 24.6 Å². The Kier molecular flexibility index (Phi) is 5.16. The van der Waals surface area contributed by atoms with Gasteiger partial charge in [0.1, 0.15) is 10.6 Å². The molecule has 0 fully saturated rings. The predicted molar refractivity (Wildman–Crippen MR) is 107 cm³/mol. The maximum absolute atomic E-state index is 13.5. The largest absolute Gasteiger partial charge is 0.444 e. The highest BCUT2D eigenvalue weighted by Crippen LogP contribution is 2.40. The predicted octanol–water partition coefficient (Wildman–Crippen LogP) is 4.56. The summed E-state index contributed by atoms with van der Waals surface area (Å²) >= 11 is 1.50. The monoisotopic (exact) mass is 389 g/mol. The molecule has 0 spiro atoms. The van der Waals surface area contributed by atoms with E-state index in [9.17, 15) is 9.59 Å². The fourth-order valence-corrected chi connectivity index (χ4v) is 4.79. The Morgan fingerprint density at radius 1 is 1.15 bits per heavy atom. The standard InChI is InChI=1S/C20H27N3O3S/c1-11-15(12(2)23(6)22-11)17(24)16-13-9-7-8-10-14(13)27-18(16)21-19(25)26-20(3,4)5/h7-10H2,1-6H3,(H,21,25).